The van der Waals surface area contributed by atoms with Gasteiger partial charge < -0.3 is 15.3 Å². The van der Waals surface area contributed by atoms with Crippen molar-refractivity contribution in [2.24, 2.45) is 5.92 Å². The summed E-state index contributed by atoms with van der Waals surface area (Å²) in [6.07, 6.45) is 8.05. The standard InChI is InChI=1S/C22H28Cl2N2O4S/c1-3-4-5-16(22(29)30)25-21(28)15-10-12-26(13-11-15)18(27)9-7-14-6-8-17(31-2)20(24)19(14)23/h6-9,15-16H,3-5,10-13H2,1-2H3,(H,25,28)(H,29,30)/b9-7+/t16-/m0/s1. The number of nitrogens with one attached hydrogen (secondary N) is 1. The number of thioether (sulfide) groups is 1. The van der Waals surface area contributed by atoms with Crippen molar-refractivity contribution in [3.8, 4) is 0 Å². The summed E-state index contributed by atoms with van der Waals surface area (Å²) < 4.78 is 0. The lowest BCUT2D eigenvalue weighted by Crippen LogP contribution is -2.47. The van der Waals surface area contributed by atoms with E-state index in [9.17, 15) is 19.5 Å². The Labute approximate surface area is 197 Å². The zero-order valence-corrected chi connectivity index (χ0v) is 20.0. The van der Waals surface area contributed by atoms with Crippen LogP contribution >= 0.6 is 35.0 Å². The number of amides is 2. The van der Waals surface area contributed by atoms with Crippen LogP contribution in [0.3, 0.4) is 0 Å². The maximum Gasteiger partial charge on any atom is 0.326 e. The fraction of sp³-hybridized carbons (Fsp3) is 0.500. The summed E-state index contributed by atoms with van der Waals surface area (Å²) in [7, 11) is 0. The van der Waals surface area contributed by atoms with Crippen molar-refractivity contribution in [1.29, 1.82) is 0 Å². The first-order chi connectivity index (χ1) is 14.8. The molecular weight excluding hydrogens is 459 g/mol. The summed E-state index contributed by atoms with van der Waals surface area (Å²) in [4.78, 5) is 38.9. The van der Waals surface area contributed by atoms with E-state index < -0.39 is 12.0 Å². The Morgan fingerprint density at radius 2 is 1.94 bits per heavy atom. The van der Waals surface area contributed by atoms with Gasteiger partial charge >= 0.3 is 5.97 Å². The molecule has 1 aromatic carbocycles. The van der Waals surface area contributed by atoms with Crippen LogP contribution < -0.4 is 5.32 Å². The number of carboxylic acids is 1. The number of halogens is 2. The Hall–Kier alpha value is -1.70. The van der Waals surface area contributed by atoms with Crippen LogP contribution in [-0.4, -0.2) is 53.2 Å². The van der Waals surface area contributed by atoms with Gasteiger partial charge in [0.1, 0.15) is 6.04 Å². The maximum atomic E-state index is 12.5. The Kier molecular flexibility index (Phi) is 10.2. The molecule has 0 unspecified atom stereocenters. The predicted octanol–water partition coefficient (Wildman–Crippen LogP) is 4.73. The molecule has 0 aromatic heterocycles. The molecule has 1 atom stereocenters. The van der Waals surface area contributed by atoms with Gasteiger partial charge in [-0.1, -0.05) is 49.0 Å². The van der Waals surface area contributed by atoms with E-state index in [1.54, 1.807) is 11.0 Å². The van der Waals surface area contributed by atoms with Gasteiger partial charge in [0, 0.05) is 30.0 Å². The first-order valence-corrected chi connectivity index (χ1v) is 12.3. The van der Waals surface area contributed by atoms with Crippen LogP contribution in [0.25, 0.3) is 6.08 Å². The number of nitrogens with zero attached hydrogens (tertiary/aromatic N) is 1. The summed E-state index contributed by atoms with van der Waals surface area (Å²) in [5, 5.41) is 12.8. The van der Waals surface area contributed by atoms with Gasteiger partial charge in [0.15, 0.2) is 0 Å². The van der Waals surface area contributed by atoms with Crippen LogP contribution in [0.4, 0.5) is 0 Å². The van der Waals surface area contributed by atoms with Crippen molar-refractivity contribution in [1.82, 2.24) is 10.2 Å². The molecule has 0 aliphatic carbocycles. The average molecular weight is 487 g/mol. The smallest absolute Gasteiger partial charge is 0.326 e. The Balaban J connectivity index is 1.90. The largest absolute Gasteiger partial charge is 0.480 e. The van der Waals surface area contributed by atoms with Gasteiger partial charge in [-0.25, -0.2) is 4.79 Å². The van der Waals surface area contributed by atoms with Gasteiger partial charge in [-0.05, 0) is 43.2 Å². The number of carbonyl (C=O) groups excluding carboxylic acids is 2. The molecule has 2 amide bonds. The summed E-state index contributed by atoms with van der Waals surface area (Å²) in [6, 6.07) is 2.82. The highest BCUT2D eigenvalue weighted by molar-refractivity contribution is 7.98. The fourth-order valence-electron chi connectivity index (χ4n) is 3.42. The van der Waals surface area contributed by atoms with E-state index in [-0.39, 0.29) is 17.7 Å². The molecule has 6 nitrogen and oxygen atoms in total. The molecule has 1 aliphatic heterocycles. The number of rotatable bonds is 9. The monoisotopic (exact) mass is 486 g/mol. The summed E-state index contributed by atoms with van der Waals surface area (Å²) >= 11 is 14.0. The third-order valence-electron chi connectivity index (χ3n) is 5.34. The van der Waals surface area contributed by atoms with E-state index in [1.165, 1.54) is 17.8 Å². The molecule has 9 heteroatoms. The highest BCUT2D eigenvalue weighted by Gasteiger charge is 2.29. The molecular formula is C22H28Cl2N2O4S. The highest BCUT2D eigenvalue weighted by atomic mass is 35.5. The molecule has 0 saturated carbocycles. The zero-order valence-electron chi connectivity index (χ0n) is 17.7. The number of carbonyl (C=O) groups is 3. The number of likely N-dealkylation sites (tertiary alicyclic amines) is 1. The molecule has 1 aromatic rings. The minimum absolute atomic E-state index is 0.161. The van der Waals surface area contributed by atoms with E-state index >= 15 is 0 Å². The van der Waals surface area contributed by atoms with Gasteiger partial charge in [-0.2, -0.15) is 0 Å². The van der Waals surface area contributed by atoms with Gasteiger partial charge in [0.25, 0.3) is 0 Å². The van der Waals surface area contributed by atoms with Crippen LogP contribution in [0.5, 0.6) is 0 Å². The first kappa shape index (κ1) is 25.6. The lowest BCUT2D eigenvalue weighted by atomic mass is 9.95. The third kappa shape index (κ3) is 7.16. The number of hydrogen-bond donors (Lipinski definition) is 2. The normalized spacial score (nSPS) is 15.8. The van der Waals surface area contributed by atoms with Crippen LogP contribution in [0, 0.1) is 5.92 Å². The van der Waals surface area contributed by atoms with E-state index in [2.05, 4.69) is 5.32 Å². The lowest BCUT2D eigenvalue weighted by molar-refractivity contribution is -0.143. The molecule has 0 radical (unpaired) electrons. The molecule has 0 spiro atoms. The predicted molar refractivity (Wildman–Crippen MR) is 126 cm³/mol. The Morgan fingerprint density at radius 3 is 2.52 bits per heavy atom. The molecule has 1 aliphatic rings. The van der Waals surface area contributed by atoms with E-state index in [1.807, 2.05) is 25.3 Å². The number of hydrogen-bond acceptors (Lipinski definition) is 4. The fourth-order valence-corrected chi connectivity index (χ4v) is 4.59. The second kappa shape index (κ2) is 12.4. The molecule has 1 fully saturated rings. The van der Waals surface area contributed by atoms with Crippen molar-refractivity contribution in [2.45, 2.75) is 50.0 Å². The minimum Gasteiger partial charge on any atom is -0.480 e. The quantitative estimate of drug-likeness (QED) is 0.389. The highest BCUT2D eigenvalue weighted by Crippen LogP contribution is 2.35. The van der Waals surface area contributed by atoms with Crippen LogP contribution in [0.1, 0.15) is 44.6 Å². The van der Waals surface area contributed by atoms with Crippen molar-refractivity contribution < 1.29 is 19.5 Å². The van der Waals surface area contributed by atoms with E-state index in [0.717, 1.165) is 17.7 Å². The summed E-state index contributed by atoms with van der Waals surface area (Å²) in [5.41, 5.74) is 0.666. The molecule has 2 rings (SSSR count). The topological polar surface area (TPSA) is 86.7 Å². The molecule has 1 saturated heterocycles. The summed E-state index contributed by atoms with van der Waals surface area (Å²) in [6.45, 7) is 2.85. The average Bonchev–Trinajstić information content (AvgIpc) is 2.77. The van der Waals surface area contributed by atoms with Crippen LogP contribution in [0.2, 0.25) is 10.0 Å². The maximum absolute atomic E-state index is 12.5. The molecule has 0 bridgehead atoms. The minimum atomic E-state index is -1.01. The van der Waals surface area contributed by atoms with Gasteiger partial charge in [-0.3, -0.25) is 9.59 Å². The van der Waals surface area contributed by atoms with Crippen molar-refractivity contribution in [3.05, 3.63) is 33.8 Å². The van der Waals surface area contributed by atoms with E-state index in [4.69, 9.17) is 23.2 Å². The Bertz CT molecular complexity index is 839. The molecule has 31 heavy (non-hydrogen) atoms. The number of piperidine rings is 1. The number of carboxylic acid groups (broad SMARTS) is 1. The van der Waals surface area contributed by atoms with Gasteiger partial charge in [0.2, 0.25) is 11.8 Å². The SMILES string of the molecule is CCCC[C@H](NC(=O)C1CCN(C(=O)/C=C/c2ccc(SC)c(Cl)c2Cl)CC1)C(=O)O. The number of aliphatic carboxylic acids is 1. The second-order valence-corrected chi connectivity index (χ2v) is 9.06. The van der Waals surface area contributed by atoms with Gasteiger partial charge in [-0.15, -0.1) is 11.8 Å². The Morgan fingerprint density at radius 1 is 1.26 bits per heavy atom. The number of benzene rings is 1. The molecule has 2 N–H and O–H groups in total. The van der Waals surface area contributed by atoms with E-state index in [0.29, 0.717) is 48.0 Å². The lowest BCUT2D eigenvalue weighted by Gasteiger charge is -2.31. The number of unbranched alkanes of at least 4 members (excludes halogenated alkanes) is 1. The first-order valence-electron chi connectivity index (χ1n) is 10.3. The van der Waals surface area contributed by atoms with Crippen LogP contribution in [-0.2, 0) is 14.4 Å². The van der Waals surface area contributed by atoms with Crippen molar-refractivity contribution >= 4 is 58.8 Å². The third-order valence-corrected chi connectivity index (χ3v) is 7.13. The van der Waals surface area contributed by atoms with Crippen molar-refractivity contribution in [2.75, 3.05) is 19.3 Å². The van der Waals surface area contributed by atoms with Crippen LogP contribution in [0.15, 0.2) is 23.1 Å². The molecule has 1 heterocycles. The second-order valence-electron chi connectivity index (χ2n) is 7.46. The molecule has 170 valence electrons. The summed E-state index contributed by atoms with van der Waals surface area (Å²) in [5.74, 6) is -1.71. The van der Waals surface area contributed by atoms with Gasteiger partial charge in [0.05, 0.1) is 10.0 Å². The zero-order chi connectivity index (χ0) is 23.0. The van der Waals surface area contributed by atoms with Crippen molar-refractivity contribution in [3.63, 3.8) is 0 Å².